The number of carbonyl (C=O) groups is 2. The van der Waals surface area contributed by atoms with Crippen LogP contribution in [-0.4, -0.2) is 39.6 Å². The van der Waals surface area contributed by atoms with Gasteiger partial charge in [-0.2, -0.15) is 18.3 Å². The van der Waals surface area contributed by atoms with Gasteiger partial charge in [-0.05, 0) is 79.6 Å². The quantitative estimate of drug-likeness (QED) is 0.152. The molecule has 0 aromatic heterocycles. The fourth-order valence-corrected chi connectivity index (χ4v) is 5.65. The molecule has 0 aliphatic heterocycles. The van der Waals surface area contributed by atoms with Gasteiger partial charge in [-0.1, -0.05) is 54.1 Å². The maximum Gasteiger partial charge on any atom is 0.416 e. The summed E-state index contributed by atoms with van der Waals surface area (Å²) in [5, 5.41) is 6.70. The monoisotopic (exact) mass is 652 g/mol. The van der Waals surface area contributed by atoms with Crippen LogP contribution in [0.5, 0.6) is 5.75 Å². The van der Waals surface area contributed by atoms with Gasteiger partial charge in [0.15, 0.2) is 6.61 Å². The molecular weight excluding hydrogens is 621 g/mol. The Morgan fingerprint density at radius 2 is 1.59 bits per heavy atom. The Labute approximate surface area is 264 Å². The summed E-state index contributed by atoms with van der Waals surface area (Å²) >= 11 is 0. The number of hydrogen-bond acceptors (Lipinski definition) is 6. The Bertz CT molecular complexity index is 1780. The molecule has 2 amide bonds. The summed E-state index contributed by atoms with van der Waals surface area (Å²) < 4.78 is 73.3. The number of alkyl halides is 3. The Morgan fingerprint density at radius 3 is 2.24 bits per heavy atom. The fourth-order valence-electron chi connectivity index (χ4n) is 4.24. The second-order valence-electron chi connectivity index (χ2n) is 10.2. The second kappa shape index (κ2) is 14.7. The largest absolute Gasteiger partial charge is 0.484 e. The number of sulfonamides is 1. The van der Waals surface area contributed by atoms with E-state index in [-0.39, 0.29) is 29.1 Å². The number of carbonyl (C=O) groups excluding carboxylic acids is 2. The van der Waals surface area contributed by atoms with E-state index in [9.17, 15) is 31.2 Å². The first-order chi connectivity index (χ1) is 21.8. The number of rotatable bonds is 12. The van der Waals surface area contributed by atoms with Gasteiger partial charge >= 0.3 is 6.18 Å². The minimum absolute atomic E-state index is 0.189. The molecule has 2 N–H and O–H groups in total. The maximum absolute atomic E-state index is 13.5. The number of hydrazone groups is 1. The lowest BCUT2D eigenvalue weighted by molar-refractivity contribution is -0.137. The normalized spacial score (nSPS) is 12.4. The first-order valence-electron chi connectivity index (χ1n) is 14.0. The van der Waals surface area contributed by atoms with Crippen LogP contribution in [0.25, 0.3) is 0 Å². The number of anilines is 1. The lowest BCUT2D eigenvalue weighted by Gasteiger charge is -2.24. The number of hydrogen-bond donors (Lipinski definition) is 2. The van der Waals surface area contributed by atoms with Gasteiger partial charge < -0.3 is 10.1 Å². The Balaban J connectivity index is 1.38. The first-order valence-corrected chi connectivity index (χ1v) is 15.4. The van der Waals surface area contributed by atoms with Crippen LogP contribution in [0.2, 0.25) is 0 Å². The zero-order valence-corrected chi connectivity index (χ0v) is 25.7. The summed E-state index contributed by atoms with van der Waals surface area (Å²) in [6.07, 6.45) is -3.44. The van der Waals surface area contributed by atoms with E-state index in [1.54, 1.807) is 43.3 Å². The van der Waals surface area contributed by atoms with Gasteiger partial charge in [0.25, 0.3) is 21.8 Å². The van der Waals surface area contributed by atoms with E-state index in [4.69, 9.17) is 4.74 Å². The molecule has 0 radical (unpaired) electrons. The molecule has 0 saturated carbocycles. The maximum atomic E-state index is 13.5. The van der Waals surface area contributed by atoms with Crippen molar-refractivity contribution >= 4 is 33.7 Å². The van der Waals surface area contributed by atoms with Crippen molar-refractivity contribution in [2.45, 2.75) is 31.0 Å². The third-order valence-corrected chi connectivity index (χ3v) is 8.48. The molecule has 0 spiro atoms. The van der Waals surface area contributed by atoms with Crippen LogP contribution in [-0.2, 0) is 25.8 Å². The van der Waals surface area contributed by atoms with E-state index >= 15 is 0 Å². The van der Waals surface area contributed by atoms with Gasteiger partial charge in [-0.15, -0.1) is 0 Å². The van der Waals surface area contributed by atoms with Crippen molar-refractivity contribution in [1.82, 2.24) is 10.7 Å². The highest BCUT2D eigenvalue weighted by Crippen LogP contribution is 2.33. The van der Waals surface area contributed by atoms with Crippen LogP contribution in [0.4, 0.5) is 18.9 Å². The fraction of sp³-hybridized carbons (Fsp3) is 0.182. The Morgan fingerprint density at radius 1 is 0.913 bits per heavy atom. The summed E-state index contributed by atoms with van der Waals surface area (Å²) in [6, 6.07) is 25.1. The molecule has 0 saturated heterocycles. The standard InChI is InChI=1S/C33H31F3N4O5S/c1-23-11-17-30(18-12-23)46(43,44)40(28-10-6-9-27(19-28)33(34,35)36)21-31(41)39-37-20-25-13-15-29(16-14-25)45-22-32(42)38-24(2)26-7-4-3-5-8-26/h3-20,24H,21-22H2,1-2H3,(H,38,42)(H,39,41)/b37-20-/t24-/m1/s1. The van der Waals surface area contributed by atoms with Gasteiger partial charge in [-0.25, -0.2) is 13.8 Å². The molecule has 0 bridgehead atoms. The molecule has 1 atom stereocenters. The Kier molecular flexibility index (Phi) is 10.8. The van der Waals surface area contributed by atoms with Crippen LogP contribution in [0.1, 0.15) is 35.2 Å². The molecule has 13 heteroatoms. The predicted octanol–water partition coefficient (Wildman–Crippen LogP) is 5.62. The SMILES string of the molecule is Cc1ccc(S(=O)(=O)N(CC(=O)N/N=C\c2ccc(OCC(=O)N[C@H](C)c3ccccc3)cc2)c2cccc(C(F)(F)F)c2)cc1. The van der Waals surface area contributed by atoms with Crippen LogP contribution in [0.3, 0.4) is 0 Å². The summed E-state index contributed by atoms with van der Waals surface area (Å²) in [5.41, 5.74) is 3.08. The van der Waals surface area contributed by atoms with Crippen molar-refractivity contribution in [3.8, 4) is 5.75 Å². The average molecular weight is 653 g/mol. The second-order valence-corrected chi connectivity index (χ2v) is 12.1. The predicted molar refractivity (Wildman–Crippen MR) is 168 cm³/mol. The topological polar surface area (TPSA) is 117 Å². The van der Waals surface area contributed by atoms with Crippen LogP contribution in [0.15, 0.2) is 113 Å². The van der Waals surface area contributed by atoms with Crippen molar-refractivity contribution in [3.05, 3.63) is 125 Å². The van der Waals surface area contributed by atoms with E-state index in [1.807, 2.05) is 37.3 Å². The highest BCUT2D eigenvalue weighted by atomic mass is 32.2. The van der Waals surface area contributed by atoms with E-state index in [0.717, 1.165) is 23.3 Å². The van der Waals surface area contributed by atoms with Crippen LogP contribution >= 0.6 is 0 Å². The van der Waals surface area contributed by atoms with Gasteiger partial charge in [0.1, 0.15) is 12.3 Å². The van der Waals surface area contributed by atoms with Crippen molar-refractivity contribution in [2.24, 2.45) is 5.10 Å². The third kappa shape index (κ3) is 9.17. The number of benzene rings is 4. The van der Waals surface area contributed by atoms with Gasteiger partial charge in [0.2, 0.25) is 0 Å². The van der Waals surface area contributed by atoms with E-state index in [2.05, 4.69) is 15.8 Å². The minimum atomic E-state index is -4.73. The number of amides is 2. The summed E-state index contributed by atoms with van der Waals surface area (Å²) in [4.78, 5) is 24.9. The lowest BCUT2D eigenvalue weighted by atomic mass is 10.1. The molecule has 240 valence electrons. The summed E-state index contributed by atoms with van der Waals surface area (Å²) in [6.45, 7) is 2.58. The van der Waals surface area contributed by atoms with Crippen molar-refractivity contribution in [2.75, 3.05) is 17.5 Å². The van der Waals surface area contributed by atoms with Crippen LogP contribution in [0, 0.1) is 6.92 Å². The molecule has 4 rings (SSSR count). The minimum Gasteiger partial charge on any atom is -0.484 e. The van der Waals surface area contributed by atoms with Crippen LogP contribution < -0.4 is 19.8 Å². The molecule has 9 nitrogen and oxygen atoms in total. The van der Waals surface area contributed by atoms with Crippen molar-refractivity contribution in [1.29, 1.82) is 0 Å². The molecular formula is C33H31F3N4O5S. The highest BCUT2D eigenvalue weighted by molar-refractivity contribution is 7.92. The number of aryl methyl sites for hydroxylation is 1. The molecule has 0 unspecified atom stereocenters. The molecule has 0 aliphatic carbocycles. The zero-order chi connectivity index (χ0) is 33.3. The van der Waals surface area contributed by atoms with Gasteiger partial charge in [-0.3, -0.25) is 13.9 Å². The first kappa shape index (κ1) is 33.7. The summed E-state index contributed by atoms with van der Waals surface area (Å²) in [5.74, 6) is -0.768. The molecule has 4 aromatic rings. The molecule has 0 fully saturated rings. The third-order valence-electron chi connectivity index (χ3n) is 6.69. The zero-order valence-electron chi connectivity index (χ0n) is 24.9. The molecule has 0 heterocycles. The lowest BCUT2D eigenvalue weighted by Crippen LogP contribution is -2.39. The van der Waals surface area contributed by atoms with E-state index < -0.39 is 34.2 Å². The van der Waals surface area contributed by atoms with E-state index in [0.29, 0.717) is 21.7 Å². The number of ether oxygens (including phenoxy) is 1. The Hall–Kier alpha value is -5.17. The molecule has 46 heavy (non-hydrogen) atoms. The van der Waals surface area contributed by atoms with E-state index in [1.165, 1.54) is 24.4 Å². The van der Waals surface area contributed by atoms with Crippen molar-refractivity contribution in [3.63, 3.8) is 0 Å². The van der Waals surface area contributed by atoms with Gasteiger partial charge in [0.05, 0.1) is 28.4 Å². The number of halogens is 3. The summed E-state index contributed by atoms with van der Waals surface area (Å²) in [7, 11) is -4.43. The number of nitrogens with zero attached hydrogens (tertiary/aromatic N) is 2. The van der Waals surface area contributed by atoms with Gasteiger partial charge in [0, 0.05) is 0 Å². The smallest absolute Gasteiger partial charge is 0.416 e. The average Bonchev–Trinajstić information content (AvgIpc) is 3.03. The highest BCUT2D eigenvalue weighted by Gasteiger charge is 2.33. The molecule has 4 aromatic carbocycles. The number of nitrogens with one attached hydrogen (secondary N) is 2. The van der Waals surface area contributed by atoms with Crippen molar-refractivity contribution < 1.29 is 35.9 Å². The molecule has 0 aliphatic rings.